The van der Waals surface area contributed by atoms with Gasteiger partial charge < -0.3 is 0 Å². The van der Waals surface area contributed by atoms with E-state index >= 15 is 0 Å². The molecule has 1 atom stereocenters. The van der Waals surface area contributed by atoms with Crippen molar-refractivity contribution in [3.63, 3.8) is 0 Å². The summed E-state index contributed by atoms with van der Waals surface area (Å²) >= 11 is 1.84. The Morgan fingerprint density at radius 3 is 2.87 bits per heavy atom. The van der Waals surface area contributed by atoms with E-state index in [-0.39, 0.29) is 0 Å². The minimum Gasteiger partial charge on any atom is -0.0974 e. The number of fused-ring (bicyclic) bond motifs is 3. The van der Waals surface area contributed by atoms with E-state index in [1.165, 1.54) is 21.2 Å². The highest BCUT2D eigenvalue weighted by Gasteiger charge is 2.14. The molecule has 2 aromatic carbocycles. The van der Waals surface area contributed by atoms with Crippen LogP contribution < -0.4 is 0 Å². The zero-order chi connectivity index (χ0) is 10.3. The molecule has 0 fully saturated rings. The molecule has 74 valence electrons. The topological polar surface area (TPSA) is 0 Å². The van der Waals surface area contributed by atoms with Crippen molar-refractivity contribution in [3.8, 4) is 0 Å². The molecule has 0 aromatic heterocycles. The van der Waals surface area contributed by atoms with Gasteiger partial charge in [0.05, 0.1) is 0 Å². The van der Waals surface area contributed by atoms with Crippen LogP contribution in [0.2, 0.25) is 0 Å². The maximum Gasteiger partial charge on any atom is 0.0232 e. The molecule has 1 unspecified atom stereocenters. The van der Waals surface area contributed by atoms with Crippen LogP contribution >= 0.6 is 11.8 Å². The maximum atomic E-state index is 2.27. The van der Waals surface area contributed by atoms with Crippen LogP contribution in [-0.2, 0) is 0 Å². The highest BCUT2D eigenvalue weighted by atomic mass is 32.2. The first-order valence-electron chi connectivity index (χ1n) is 5.21. The summed E-state index contributed by atoms with van der Waals surface area (Å²) in [5, 5.41) is 4.93. The Hall–Kier alpha value is -1.21. The molecule has 1 heterocycles. The number of thioether (sulfide) groups is 1. The van der Waals surface area contributed by atoms with E-state index in [0.717, 1.165) is 0 Å². The van der Waals surface area contributed by atoms with Gasteiger partial charge in [-0.3, -0.25) is 0 Å². The molecule has 0 radical (unpaired) electrons. The van der Waals surface area contributed by atoms with Crippen molar-refractivity contribution in [2.75, 3.05) is 0 Å². The lowest BCUT2D eigenvalue weighted by Gasteiger charge is -2.18. The normalized spacial score (nSPS) is 19.1. The zero-order valence-corrected chi connectivity index (χ0v) is 9.42. The molecule has 1 aliphatic heterocycles. The fraction of sp³-hybridized carbons (Fsp3) is 0.143. The van der Waals surface area contributed by atoms with Crippen molar-refractivity contribution >= 4 is 22.5 Å². The minimum absolute atomic E-state index is 0.547. The van der Waals surface area contributed by atoms with Gasteiger partial charge in [-0.1, -0.05) is 61.2 Å². The van der Waals surface area contributed by atoms with Gasteiger partial charge in [0.1, 0.15) is 0 Å². The quantitative estimate of drug-likeness (QED) is 0.616. The molecule has 0 spiro atoms. The second-order valence-corrected chi connectivity index (χ2v) is 4.86. The molecule has 0 saturated carbocycles. The molecule has 0 nitrogen and oxygen atoms in total. The average molecular weight is 212 g/mol. The molecule has 0 bridgehead atoms. The van der Waals surface area contributed by atoms with Crippen LogP contribution in [0.15, 0.2) is 52.8 Å². The molecule has 0 saturated heterocycles. The number of hydrogen-bond donors (Lipinski definition) is 0. The molecule has 0 aliphatic carbocycles. The molecule has 1 heteroatoms. The van der Waals surface area contributed by atoms with Crippen LogP contribution in [0.4, 0.5) is 0 Å². The van der Waals surface area contributed by atoms with Crippen LogP contribution in [0.25, 0.3) is 10.8 Å². The number of allylic oxidation sites excluding steroid dienone is 1. The third kappa shape index (κ3) is 1.38. The van der Waals surface area contributed by atoms with E-state index in [0.29, 0.717) is 5.92 Å². The van der Waals surface area contributed by atoms with Crippen molar-refractivity contribution in [2.24, 2.45) is 0 Å². The van der Waals surface area contributed by atoms with Crippen molar-refractivity contribution < 1.29 is 0 Å². The van der Waals surface area contributed by atoms with E-state index in [1.54, 1.807) is 0 Å². The number of benzene rings is 2. The molecule has 15 heavy (non-hydrogen) atoms. The first-order chi connectivity index (χ1) is 7.36. The summed E-state index contributed by atoms with van der Waals surface area (Å²) in [6, 6.07) is 13.1. The van der Waals surface area contributed by atoms with Gasteiger partial charge in [0.2, 0.25) is 0 Å². The van der Waals surface area contributed by atoms with E-state index in [9.17, 15) is 0 Å². The summed E-state index contributed by atoms with van der Waals surface area (Å²) in [7, 11) is 0. The molecule has 0 amide bonds. The van der Waals surface area contributed by atoms with E-state index in [2.05, 4.69) is 54.8 Å². The third-order valence-electron chi connectivity index (χ3n) is 2.95. The summed E-state index contributed by atoms with van der Waals surface area (Å²) in [5.74, 6) is 0.547. The largest absolute Gasteiger partial charge is 0.0974 e. The lowest BCUT2D eigenvalue weighted by Crippen LogP contribution is -1.96. The first-order valence-corrected chi connectivity index (χ1v) is 6.09. The Labute approximate surface area is 94.0 Å². The summed E-state index contributed by atoms with van der Waals surface area (Å²) in [5.41, 5.74) is 1.46. The molecule has 3 rings (SSSR count). The first kappa shape index (κ1) is 9.05. The standard InChI is InChI=1S/C14H12S/c1-10-8-9-15-14-12(10)7-6-11-4-2-3-5-13(11)14/h2-10H,1H3. The molecular formula is C14H12S. The fourth-order valence-electron chi connectivity index (χ4n) is 2.08. The van der Waals surface area contributed by atoms with Crippen LogP contribution in [-0.4, -0.2) is 0 Å². The number of rotatable bonds is 0. The third-order valence-corrected chi connectivity index (χ3v) is 3.94. The number of hydrogen-bond acceptors (Lipinski definition) is 1. The predicted octanol–water partition coefficient (Wildman–Crippen LogP) is 4.56. The van der Waals surface area contributed by atoms with Gasteiger partial charge in [-0.25, -0.2) is 0 Å². The van der Waals surface area contributed by atoms with E-state index in [1.807, 2.05) is 11.8 Å². The average Bonchev–Trinajstić information content (AvgIpc) is 2.29. The van der Waals surface area contributed by atoms with Gasteiger partial charge in [0.25, 0.3) is 0 Å². The Morgan fingerprint density at radius 1 is 1.07 bits per heavy atom. The molecule has 0 N–H and O–H groups in total. The van der Waals surface area contributed by atoms with Gasteiger partial charge >= 0.3 is 0 Å². The molecular weight excluding hydrogens is 200 g/mol. The van der Waals surface area contributed by atoms with E-state index < -0.39 is 0 Å². The minimum atomic E-state index is 0.547. The van der Waals surface area contributed by atoms with Gasteiger partial charge in [-0.15, -0.1) is 0 Å². The van der Waals surface area contributed by atoms with Crippen LogP contribution in [0.3, 0.4) is 0 Å². The van der Waals surface area contributed by atoms with Crippen molar-refractivity contribution in [2.45, 2.75) is 17.7 Å². The lowest BCUT2D eigenvalue weighted by molar-refractivity contribution is 0.937. The Bertz CT molecular complexity index is 540. The zero-order valence-electron chi connectivity index (χ0n) is 8.60. The van der Waals surface area contributed by atoms with Crippen LogP contribution in [0.5, 0.6) is 0 Å². The maximum absolute atomic E-state index is 2.27. The smallest absolute Gasteiger partial charge is 0.0232 e. The summed E-state index contributed by atoms with van der Waals surface area (Å²) in [6.45, 7) is 2.25. The Morgan fingerprint density at radius 2 is 1.93 bits per heavy atom. The highest BCUT2D eigenvalue weighted by Crippen LogP contribution is 2.39. The van der Waals surface area contributed by atoms with Gasteiger partial charge in [0.15, 0.2) is 0 Å². The fourth-order valence-corrected chi connectivity index (χ4v) is 3.23. The lowest BCUT2D eigenvalue weighted by atomic mass is 9.97. The summed E-state index contributed by atoms with van der Waals surface area (Å²) in [6.07, 6.45) is 2.27. The van der Waals surface area contributed by atoms with Crippen LogP contribution in [0, 0.1) is 0 Å². The van der Waals surface area contributed by atoms with Gasteiger partial charge in [0, 0.05) is 10.8 Å². The van der Waals surface area contributed by atoms with Gasteiger partial charge in [-0.2, -0.15) is 0 Å². The van der Waals surface area contributed by atoms with E-state index in [4.69, 9.17) is 0 Å². The second-order valence-electron chi connectivity index (χ2n) is 3.94. The highest BCUT2D eigenvalue weighted by molar-refractivity contribution is 8.02. The summed E-state index contributed by atoms with van der Waals surface area (Å²) in [4.78, 5) is 1.43. The predicted molar refractivity (Wildman–Crippen MR) is 67.4 cm³/mol. The van der Waals surface area contributed by atoms with Crippen LogP contribution in [0.1, 0.15) is 18.4 Å². The van der Waals surface area contributed by atoms with Crippen molar-refractivity contribution in [1.29, 1.82) is 0 Å². The monoisotopic (exact) mass is 212 g/mol. The van der Waals surface area contributed by atoms with Crippen molar-refractivity contribution in [3.05, 3.63) is 53.4 Å². The Balaban J connectivity index is 2.36. The second kappa shape index (κ2) is 3.42. The SMILES string of the molecule is CC1C=CSc2c1ccc1ccccc21. The Kier molecular flexibility index (Phi) is 2.06. The summed E-state index contributed by atoms with van der Waals surface area (Å²) < 4.78 is 0. The molecule has 1 aliphatic rings. The molecule has 2 aromatic rings. The van der Waals surface area contributed by atoms with Gasteiger partial charge in [-0.05, 0) is 21.7 Å². The van der Waals surface area contributed by atoms with Crippen molar-refractivity contribution in [1.82, 2.24) is 0 Å².